The number of hydrogen-bond acceptors (Lipinski definition) is 2. The summed E-state index contributed by atoms with van der Waals surface area (Å²) < 4.78 is 2.38. The molecule has 0 aliphatic rings. The van der Waals surface area contributed by atoms with Gasteiger partial charge < -0.3 is 4.57 Å². The second kappa shape index (κ2) is 11.9. The fourth-order valence-electron chi connectivity index (χ4n) is 7.55. The van der Waals surface area contributed by atoms with Gasteiger partial charge in [0.05, 0.1) is 33.6 Å². The lowest BCUT2D eigenvalue weighted by molar-refractivity contribution is 1.18. The van der Waals surface area contributed by atoms with Crippen LogP contribution in [-0.2, 0) is 0 Å². The van der Waals surface area contributed by atoms with Gasteiger partial charge in [-0.25, -0.2) is 9.97 Å². The number of rotatable bonds is 5. The lowest BCUT2D eigenvalue weighted by Gasteiger charge is -2.14. The Morgan fingerprint density at radius 2 is 0.902 bits per heavy atom. The third kappa shape index (κ3) is 4.98. The van der Waals surface area contributed by atoms with Gasteiger partial charge >= 0.3 is 0 Å². The number of para-hydroxylation sites is 3. The third-order valence-electron chi connectivity index (χ3n) is 9.94. The Kier molecular flexibility index (Phi) is 6.81. The maximum atomic E-state index is 5.38. The molecular weight excluding hydrogens is 619 g/mol. The van der Waals surface area contributed by atoms with Gasteiger partial charge in [0, 0.05) is 43.9 Å². The summed E-state index contributed by atoms with van der Waals surface area (Å²) in [6.07, 6.45) is 0. The van der Waals surface area contributed by atoms with Crippen molar-refractivity contribution in [2.45, 2.75) is 0 Å². The highest BCUT2D eigenvalue weighted by Gasteiger charge is 2.18. The van der Waals surface area contributed by atoms with Crippen molar-refractivity contribution in [3.05, 3.63) is 188 Å². The van der Waals surface area contributed by atoms with Gasteiger partial charge in [0.15, 0.2) is 0 Å². The molecule has 0 aliphatic heterocycles. The lowest BCUT2D eigenvalue weighted by atomic mass is 9.95. The van der Waals surface area contributed by atoms with E-state index in [1.807, 2.05) is 12.1 Å². The number of aromatic nitrogens is 3. The average molecular weight is 650 g/mol. The number of benzene rings is 7. The maximum absolute atomic E-state index is 5.38. The molecule has 0 unspecified atom stereocenters. The Morgan fingerprint density at radius 1 is 0.314 bits per heavy atom. The molecule has 0 spiro atoms. The molecular formula is C48H31N3. The Bertz CT molecular complexity index is 2830. The van der Waals surface area contributed by atoms with Crippen LogP contribution in [0.5, 0.6) is 0 Å². The van der Waals surface area contributed by atoms with E-state index in [-0.39, 0.29) is 0 Å². The molecule has 3 aromatic heterocycles. The van der Waals surface area contributed by atoms with Crippen molar-refractivity contribution in [1.82, 2.24) is 14.5 Å². The molecule has 0 fully saturated rings. The van der Waals surface area contributed by atoms with Crippen molar-refractivity contribution < 1.29 is 0 Å². The van der Waals surface area contributed by atoms with E-state index in [9.17, 15) is 0 Å². The molecule has 238 valence electrons. The van der Waals surface area contributed by atoms with Gasteiger partial charge in [-0.05, 0) is 71.1 Å². The molecule has 0 amide bonds. The number of pyridine rings is 2. The summed E-state index contributed by atoms with van der Waals surface area (Å²) in [6.45, 7) is 0. The number of hydrogen-bond donors (Lipinski definition) is 0. The van der Waals surface area contributed by atoms with Crippen LogP contribution in [0.25, 0.3) is 94.1 Å². The third-order valence-corrected chi connectivity index (χ3v) is 9.94. The smallest absolute Gasteiger partial charge is 0.0789 e. The van der Waals surface area contributed by atoms with Gasteiger partial charge in [0.1, 0.15) is 0 Å². The topological polar surface area (TPSA) is 30.7 Å². The van der Waals surface area contributed by atoms with Gasteiger partial charge in [-0.1, -0.05) is 133 Å². The second-order valence-electron chi connectivity index (χ2n) is 13.0. The molecule has 0 atom stereocenters. The van der Waals surface area contributed by atoms with E-state index in [0.717, 1.165) is 66.9 Å². The zero-order valence-corrected chi connectivity index (χ0v) is 27.7. The molecule has 51 heavy (non-hydrogen) atoms. The molecule has 3 heterocycles. The first-order chi connectivity index (χ1) is 25.3. The summed E-state index contributed by atoms with van der Waals surface area (Å²) in [5.41, 5.74) is 12.8. The first-order valence-corrected chi connectivity index (χ1v) is 17.3. The van der Waals surface area contributed by atoms with Crippen molar-refractivity contribution in [2.24, 2.45) is 0 Å². The van der Waals surface area contributed by atoms with Crippen molar-refractivity contribution in [3.63, 3.8) is 0 Å². The Hall–Kier alpha value is -6.84. The summed E-state index contributed by atoms with van der Waals surface area (Å²) >= 11 is 0. The van der Waals surface area contributed by atoms with E-state index in [4.69, 9.17) is 9.97 Å². The van der Waals surface area contributed by atoms with Crippen molar-refractivity contribution in [3.8, 4) is 50.6 Å². The van der Waals surface area contributed by atoms with Crippen LogP contribution in [0.2, 0.25) is 0 Å². The quantitative estimate of drug-likeness (QED) is 0.174. The predicted molar refractivity (Wildman–Crippen MR) is 213 cm³/mol. The van der Waals surface area contributed by atoms with Crippen molar-refractivity contribution in [2.75, 3.05) is 0 Å². The van der Waals surface area contributed by atoms with Gasteiger partial charge in [-0.2, -0.15) is 0 Å². The molecule has 0 saturated carbocycles. The first-order valence-electron chi connectivity index (χ1n) is 17.3. The fraction of sp³-hybridized carbons (Fsp3) is 0. The Labute approximate surface area is 295 Å². The van der Waals surface area contributed by atoms with Crippen LogP contribution < -0.4 is 0 Å². The molecule has 10 aromatic rings. The molecule has 0 saturated heterocycles. The minimum Gasteiger partial charge on any atom is -0.309 e. The van der Waals surface area contributed by atoms with Crippen LogP contribution in [0.4, 0.5) is 0 Å². The summed E-state index contributed by atoms with van der Waals surface area (Å²) in [7, 11) is 0. The molecule has 0 N–H and O–H groups in total. The predicted octanol–water partition coefficient (Wildman–Crippen LogP) is 12.5. The SMILES string of the molecule is c1ccc(-c2cc(-c3cccc(-c4nc5ccccc5c5cc6c7ccccc7n(-c7ccccc7)c6cc45)c3)cc(-c3ccccc3)n2)cc1. The van der Waals surface area contributed by atoms with E-state index in [1.54, 1.807) is 0 Å². The van der Waals surface area contributed by atoms with Crippen LogP contribution >= 0.6 is 0 Å². The molecule has 3 heteroatoms. The first kappa shape index (κ1) is 29.1. The highest BCUT2D eigenvalue weighted by Crippen LogP contribution is 2.41. The van der Waals surface area contributed by atoms with Crippen molar-refractivity contribution in [1.29, 1.82) is 0 Å². The number of fused-ring (bicyclic) bond motifs is 6. The summed E-state index contributed by atoms with van der Waals surface area (Å²) in [4.78, 5) is 10.5. The zero-order chi connectivity index (χ0) is 33.7. The van der Waals surface area contributed by atoms with Crippen molar-refractivity contribution >= 4 is 43.5 Å². The van der Waals surface area contributed by atoms with Gasteiger partial charge in [0.2, 0.25) is 0 Å². The maximum Gasteiger partial charge on any atom is 0.0789 e. The lowest BCUT2D eigenvalue weighted by Crippen LogP contribution is -1.95. The summed E-state index contributed by atoms with van der Waals surface area (Å²) in [5.74, 6) is 0. The van der Waals surface area contributed by atoms with Crippen LogP contribution in [-0.4, -0.2) is 14.5 Å². The van der Waals surface area contributed by atoms with Crippen LogP contribution in [0.1, 0.15) is 0 Å². The normalized spacial score (nSPS) is 11.5. The van der Waals surface area contributed by atoms with Crippen LogP contribution in [0.3, 0.4) is 0 Å². The Morgan fingerprint density at radius 3 is 1.63 bits per heavy atom. The van der Waals surface area contributed by atoms with E-state index >= 15 is 0 Å². The fourth-order valence-corrected chi connectivity index (χ4v) is 7.55. The molecule has 0 aliphatic carbocycles. The largest absolute Gasteiger partial charge is 0.309 e. The zero-order valence-electron chi connectivity index (χ0n) is 27.7. The van der Waals surface area contributed by atoms with Gasteiger partial charge in [-0.3, -0.25) is 0 Å². The Balaban J connectivity index is 1.23. The molecule has 0 bridgehead atoms. The second-order valence-corrected chi connectivity index (χ2v) is 13.0. The van der Waals surface area contributed by atoms with Crippen LogP contribution in [0.15, 0.2) is 188 Å². The van der Waals surface area contributed by atoms with E-state index in [0.29, 0.717) is 0 Å². The summed E-state index contributed by atoms with van der Waals surface area (Å²) in [5, 5.41) is 5.95. The summed E-state index contributed by atoms with van der Waals surface area (Å²) in [6, 6.07) is 66.7. The standard InChI is InChI=1S/C48H31N3/c1-4-15-32(16-5-1)44-28-36(29-45(49-44)33-17-6-2-7-18-33)34-19-14-20-35(27-34)48-42-31-47-41(30-40(42)38-23-10-12-25-43(38)50-48)39-24-11-13-26-46(39)51(47)37-21-8-3-9-22-37/h1-31H. The van der Waals surface area contributed by atoms with E-state index in [1.165, 1.54) is 27.2 Å². The van der Waals surface area contributed by atoms with Crippen LogP contribution in [0, 0.1) is 0 Å². The highest BCUT2D eigenvalue weighted by atomic mass is 15.0. The minimum atomic E-state index is 0.947. The highest BCUT2D eigenvalue weighted by molar-refractivity contribution is 6.20. The monoisotopic (exact) mass is 649 g/mol. The van der Waals surface area contributed by atoms with Gasteiger partial charge in [-0.15, -0.1) is 0 Å². The minimum absolute atomic E-state index is 0.947. The van der Waals surface area contributed by atoms with E-state index < -0.39 is 0 Å². The molecule has 10 rings (SSSR count). The molecule has 3 nitrogen and oxygen atoms in total. The van der Waals surface area contributed by atoms with Gasteiger partial charge in [0.25, 0.3) is 0 Å². The molecule has 0 radical (unpaired) electrons. The average Bonchev–Trinajstić information content (AvgIpc) is 3.54. The molecule has 7 aromatic carbocycles. The number of nitrogens with zero attached hydrogens (tertiary/aromatic N) is 3. The van der Waals surface area contributed by atoms with E-state index in [2.05, 4.69) is 180 Å².